The Bertz CT molecular complexity index is 580. The lowest BCUT2D eigenvalue weighted by molar-refractivity contribution is 0.549. The van der Waals surface area contributed by atoms with Crippen molar-refractivity contribution in [3.05, 3.63) is 34.2 Å². The van der Waals surface area contributed by atoms with Crippen LogP contribution in [0.2, 0.25) is 0 Å². The summed E-state index contributed by atoms with van der Waals surface area (Å²) in [7, 11) is 0. The highest BCUT2D eigenvalue weighted by atomic mass is 16.1. The molecular formula is C13H17N3O. The molecule has 1 heterocycles. The number of fused-ring (bicyclic) bond motifs is 1. The van der Waals surface area contributed by atoms with E-state index in [1.54, 1.807) is 0 Å². The molecule has 0 radical (unpaired) electrons. The van der Waals surface area contributed by atoms with Gasteiger partial charge in [0.25, 0.3) is 0 Å². The Balaban J connectivity index is 1.80. The van der Waals surface area contributed by atoms with E-state index in [2.05, 4.69) is 28.3 Å². The lowest BCUT2D eigenvalue weighted by Gasteiger charge is -2.13. The van der Waals surface area contributed by atoms with Gasteiger partial charge < -0.3 is 15.3 Å². The molecule has 0 saturated heterocycles. The van der Waals surface area contributed by atoms with Gasteiger partial charge in [0.1, 0.15) is 0 Å². The first-order chi connectivity index (χ1) is 8.22. The summed E-state index contributed by atoms with van der Waals surface area (Å²) >= 11 is 0. The van der Waals surface area contributed by atoms with Crippen molar-refractivity contribution in [2.24, 2.45) is 5.92 Å². The molecule has 1 atom stereocenters. The van der Waals surface area contributed by atoms with Gasteiger partial charge in [0.15, 0.2) is 0 Å². The maximum Gasteiger partial charge on any atom is 0.323 e. The molecular weight excluding hydrogens is 214 g/mol. The van der Waals surface area contributed by atoms with Crippen LogP contribution in [0, 0.1) is 5.92 Å². The number of imidazole rings is 1. The van der Waals surface area contributed by atoms with Gasteiger partial charge in [0.05, 0.1) is 11.0 Å². The van der Waals surface area contributed by atoms with Crippen LogP contribution in [0.5, 0.6) is 0 Å². The standard InChI is InChI=1S/C13H17N3O/c1-8(14-7-9-2-3-9)10-4-5-11-12(6-10)16-13(17)15-11/h4-6,8-9,14H,2-3,7H2,1H3,(H2,15,16,17). The summed E-state index contributed by atoms with van der Waals surface area (Å²) < 4.78 is 0. The van der Waals surface area contributed by atoms with Gasteiger partial charge >= 0.3 is 5.69 Å². The third-order valence-corrected chi connectivity index (χ3v) is 3.45. The van der Waals surface area contributed by atoms with Crippen LogP contribution in [0.15, 0.2) is 23.0 Å². The molecule has 90 valence electrons. The average Bonchev–Trinajstić information content (AvgIpc) is 3.06. The van der Waals surface area contributed by atoms with Crippen molar-refractivity contribution in [1.82, 2.24) is 15.3 Å². The van der Waals surface area contributed by atoms with E-state index in [0.717, 1.165) is 23.5 Å². The quantitative estimate of drug-likeness (QED) is 0.752. The molecule has 1 saturated carbocycles. The number of hydrogen-bond donors (Lipinski definition) is 3. The molecule has 1 aromatic carbocycles. The Morgan fingerprint density at radius 3 is 2.88 bits per heavy atom. The van der Waals surface area contributed by atoms with Crippen molar-refractivity contribution in [2.75, 3.05) is 6.54 Å². The summed E-state index contributed by atoms with van der Waals surface area (Å²) in [6, 6.07) is 6.39. The van der Waals surface area contributed by atoms with Crippen molar-refractivity contribution >= 4 is 11.0 Å². The van der Waals surface area contributed by atoms with Gasteiger partial charge in [-0.1, -0.05) is 6.07 Å². The largest absolute Gasteiger partial charge is 0.323 e. The molecule has 17 heavy (non-hydrogen) atoms. The second kappa shape index (κ2) is 4.04. The number of nitrogens with one attached hydrogen (secondary N) is 3. The van der Waals surface area contributed by atoms with Gasteiger partial charge in [-0.05, 0) is 49.9 Å². The topological polar surface area (TPSA) is 60.7 Å². The summed E-state index contributed by atoms with van der Waals surface area (Å²) in [4.78, 5) is 16.7. The molecule has 1 aliphatic carbocycles. The van der Waals surface area contributed by atoms with E-state index >= 15 is 0 Å². The molecule has 0 bridgehead atoms. The highest BCUT2D eigenvalue weighted by Crippen LogP contribution is 2.28. The molecule has 1 aliphatic rings. The minimum absolute atomic E-state index is 0.143. The Kier molecular flexibility index (Phi) is 2.52. The highest BCUT2D eigenvalue weighted by molar-refractivity contribution is 5.75. The molecule has 0 aliphatic heterocycles. The summed E-state index contributed by atoms with van der Waals surface area (Å²) in [5.41, 5.74) is 2.82. The molecule has 1 aromatic heterocycles. The third-order valence-electron chi connectivity index (χ3n) is 3.45. The van der Waals surface area contributed by atoms with E-state index in [0.29, 0.717) is 6.04 Å². The summed E-state index contributed by atoms with van der Waals surface area (Å²) in [6.45, 7) is 3.26. The zero-order valence-electron chi connectivity index (χ0n) is 9.92. The van der Waals surface area contributed by atoms with Crippen molar-refractivity contribution < 1.29 is 0 Å². The lowest BCUT2D eigenvalue weighted by atomic mass is 10.1. The van der Waals surface area contributed by atoms with Crippen molar-refractivity contribution in [3.8, 4) is 0 Å². The van der Waals surface area contributed by atoms with Crippen LogP contribution in [-0.4, -0.2) is 16.5 Å². The summed E-state index contributed by atoms with van der Waals surface area (Å²) in [6.07, 6.45) is 2.73. The van der Waals surface area contributed by atoms with Crippen molar-refractivity contribution in [2.45, 2.75) is 25.8 Å². The van der Waals surface area contributed by atoms with Crippen molar-refractivity contribution in [1.29, 1.82) is 0 Å². The monoisotopic (exact) mass is 231 g/mol. The first-order valence-electron chi connectivity index (χ1n) is 6.18. The van der Waals surface area contributed by atoms with Crippen LogP contribution in [0.1, 0.15) is 31.4 Å². The predicted molar refractivity (Wildman–Crippen MR) is 68.1 cm³/mol. The van der Waals surface area contributed by atoms with Crippen LogP contribution in [0.25, 0.3) is 11.0 Å². The normalized spacial score (nSPS) is 17.5. The predicted octanol–water partition coefficient (Wildman–Crippen LogP) is 1.92. The molecule has 1 fully saturated rings. The number of aromatic amines is 2. The fourth-order valence-electron chi connectivity index (χ4n) is 2.10. The van der Waals surface area contributed by atoms with Crippen LogP contribution >= 0.6 is 0 Å². The summed E-state index contributed by atoms with van der Waals surface area (Å²) in [5, 5.41) is 3.53. The minimum Gasteiger partial charge on any atom is -0.310 e. The third kappa shape index (κ3) is 2.26. The number of rotatable bonds is 4. The number of H-pyrrole nitrogens is 2. The van der Waals surface area contributed by atoms with Gasteiger partial charge in [-0.3, -0.25) is 0 Å². The van der Waals surface area contributed by atoms with E-state index < -0.39 is 0 Å². The van der Waals surface area contributed by atoms with E-state index in [4.69, 9.17) is 0 Å². The van der Waals surface area contributed by atoms with Crippen molar-refractivity contribution in [3.63, 3.8) is 0 Å². The van der Waals surface area contributed by atoms with Gasteiger partial charge in [-0.25, -0.2) is 4.79 Å². The fraction of sp³-hybridized carbons (Fsp3) is 0.462. The van der Waals surface area contributed by atoms with Gasteiger partial charge in [-0.15, -0.1) is 0 Å². The zero-order valence-corrected chi connectivity index (χ0v) is 9.92. The molecule has 3 rings (SSSR count). The molecule has 0 amide bonds. The van der Waals surface area contributed by atoms with Crippen LogP contribution in [-0.2, 0) is 0 Å². The molecule has 3 N–H and O–H groups in total. The van der Waals surface area contributed by atoms with E-state index in [1.165, 1.54) is 18.4 Å². The highest BCUT2D eigenvalue weighted by Gasteiger charge is 2.21. The van der Waals surface area contributed by atoms with Gasteiger partial charge in [0.2, 0.25) is 0 Å². The smallest absolute Gasteiger partial charge is 0.310 e. The minimum atomic E-state index is -0.143. The van der Waals surface area contributed by atoms with Gasteiger partial charge in [-0.2, -0.15) is 0 Å². The summed E-state index contributed by atoms with van der Waals surface area (Å²) in [5.74, 6) is 0.883. The Hall–Kier alpha value is -1.55. The number of hydrogen-bond acceptors (Lipinski definition) is 2. The second-order valence-electron chi connectivity index (χ2n) is 4.96. The fourth-order valence-corrected chi connectivity index (χ4v) is 2.10. The first-order valence-corrected chi connectivity index (χ1v) is 6.18. The van der Waals surface area contributed by atoms with Crippen LogP contribution in [0.4, 0.5) is 0 Å². The maximum absolute atomic E-state index is 11.2. The van der Waals surface area contributed by atoms with Crippen LogP contribution in [0.3, 0.4) is 0 Å². The Morgan fingerprint density at radius 1 is 1.35 bits per heavy atom. The zero-order chi connectivity index (χ0) is 11.8. The SMILES string of the molecule is CC(NCC1CC1)c1ccc2[nH]c(=O)[nH]c2c1. The Morgan fingerprint density at radius 2 is 2.12 bits per heavy atom. The molecule has 1 unspecified atom stereocenters. The van der Waals surface area contributed by atoms with E-state index in [1.807, 2.05) is 12.1 Å². The van der Waals surface area contributed by atoms with Gasteiger partial charge in [0, 0.05) is 6.04 Å². The second-order valence-corrected chi connectivity index (χ2v) is 4.96. The Labute approximate surface area is 99.4 Å². The number of aromatic nitrogens is 2. The molecule has 4 nitrogen and oxygen atoms in total. The molecule has 2 aromatic rings. The number of benzene rings is 1. The van der Waals surface area contributed by atoms with E-state index in [9.17, 15) is 4.79 Å². The lowest BCUT2D eigenvalue weighted by Crippen LogP contribution is -2.20. The molecule has 4 heteroatoms. The average molecular weight is 231 g/mol. The molecule has 0 spiro atoms. The maximum atomic E-state index is 11.2. The van der Waals surface area contributed by atoms with E-state index in [-0.39, 0.29) is 5.69 Å². The van der Waals surface area contributed by atoms with Crippen LogP contribution < -0.4 is 11.0 Å². The first kappa shape index (κ1) is 10.6.